The molecule has 16 nitrogen and oxygen atoms in total. The summed E-state index contributed by atoms with van der Waals surface area (Å²) in [6, 6.07) is 0. The van der Waals surface area contributed by atoms with Crippen molar-refractivity contribution in [2.45, 2.75) is 12.0 Å². The van der Waals surface area contributed by atoms with Gasteiger partial charge in [0.25, 0.3) is 35.4 Å². The molecule has 1 N–H and O–H groups in total. The SMILES string of the molecule is O=C(O)CCOCCOCCOCCOCCOC(CN1C(=O)C=CC1=O)(CN1C(=O)C=CC1=O)CN1C(=O)C=CC1=O. The molecule has 0 saturated heterocycles. The van der Waals surface area contributed by atoms with Gasteiger partial charge in [-0.15, -0.1) is 0 Å². The largest absolute Gasteiger partial charge is 0.481 e. The second-order valence-electron chi connectivity index (χ2n) is 9.41. The fraction of sp³-hybridized carbons (Fsp3) is 0.519. The van der Waals surface area contributed by atoms with Gasteiger partial charge in [0.1, 0.15) is 5.60 Å². The molecule has 43 heavy (non-hydrogen) atoms. The quantitative estimate of drug-likeness (QED) is 0.106. The number of nitrogens with zero attached hydrogens (tertiary/aromatic N) is 3. The van der Waals surface area contributed by atoms with E-state index in [0.717, 1.165) is 51.2 Å². The number of hydrogen-bond donors (Lipinski definition) is 1. The molecule has 16 heteroatoms. The standard InChI is InChI=1S/C27H33N3O13/c31-20-1-2-21(32)28(20)17-27(18-29-22(33)3-4-23(29)34,19-30-24(35)5-6-25(30)36)43-16-15-42-14-13-41-12-11-40-10-9-39-8-7-26(37)38/h1-6H,7-19H2,(H,37,38). The monoisotopic (exact) mass is 607 g/mol. The second-order valence-corrected chi connectivity index (χ2v) is 9.41. The number of imide groups is 3. The summed E-state index contributed by atoms with van der Waals surface area (Å²) in [7, 11) is 0. The van der Waals surface area contributed by atoms with E-state index < -0.39 is 66.6 Å². The summed E-state index contributed by atoms with van der Waals surface area (Å²) in [4.78, 5) is 87.2. The summed E-state index contributed by atoms with van der Waals surface area (Å²) in [6.45, 7) is 0.0970. The molecule has 0 unspecified atom stereocenters. The summed E-state index contributed by atoms with van der Waals surface area (Å²) < 4.78 is 27.4. The number of carbonyl (C=O) groups excluding carboxylic acids is 6. The van der Waals surface area contributed by atoms with E-state index in [4.69, 9.17) is 28.8 Å². The molecule has 0 saturated carbocycles. The van der Waals surface area contributed by atoms with Crippen LogP contribution < -0.4 is 0 Å². The Morgan fingerprint density at radius 1 is 0.512 bits per heavy atom. The molecule has 3 aliphatic rings. The zero-order valence-electron chi connectivity index (χ0n) is 23.3. The van der Waals surface area contributed by atoms with Crippen LogP contribution in [0.2, 0.25) is 0 Å². The molecule has 0 radical (unpaired) electrons. The Balaban J connectivity index is 1.50. The van der Waals surface area contributed by atoms with Crippen molar-refractivity contribution >= 4 is 41.4 Å². The third-order valence-corrected chi connectivity index (χ3v) is 6.25. The molecule has 3 heterocycles. The van der Waals surface area contributed by atoms with Gasteiger partial charge in [0.15, 0.2) is 0 Å². The third-order valence-electron chi connectivity index (χ3n) is 6.25. The highest BCUT2D eigenvalue weighted by Crippen LogP contribution is 2.24. The highest BCUT2D eigenvalue weighted by Gasteiger charge is 2.45. The molecule has 3 rings (SSSR count). The first-order valence-corrected chi connectivity index (χ1v) is 13.4. The molecule has 234 valence electrons. The van der Waals surface area contributed by atoms with E-state index in [1.165, 1.54) is 0 Å². The van der Waals surface area contributed by atoms with Crippen LogP contribution in [-0.4, -0.2) is 146 Å². The van der Waals surface area contributed by atoms with Gasteiger partial charge in [-0.25, -0.2) is 0 Å². The van der Waals surface area contributed by atoms with Crippen LogP contribution in [0.4, 0.5) is 0 Å². The fourth-order valence-electron chi connectivity index (χ4n) is 4.15. The van der Waals surface area contributed by atoms with Crippen LogP contribution >= 0.6 is 0 Å². The van der Waals surface area contributed by atoms with Crippen molar-refractivity contribution in [2.75, 3.05) is 79.1 Å². The highest BCUT2D eigenvalue weighted by molar-refractivity contribution is 6.14. The Bertz CT molecular complexity index is 1020. The number of ether oxygens (including phenoxy) is 5. The Labute approximate surface area is 246 Å². The lowest BCUT2D eigenvalue weighted by Crippen LogP contribution is -2.61. The van der Waals surface area contributed by atoms with Crippen molar-refractivity contribution < 1.29 is 62.4 Å². The number of carboxylic acid groups (broad SMARTS) is 1. The normalized spacial score (nSPS) is 16.7. The fourth-order valence-corrected chi connectivity index (χ4v) is 4.15. The average Bonchev–Trinajstić information content (AvgIpc) is 3.58. The van der Waals surface area contributed by atoms with Crippen molar-refractivity contribution in [2.24, 2.45) is 0 Å². The molecular weight excluding hydrogens is 574 g/mol. The number of amides is 6. The van der Waals surface area contributed by atoms with Crippen molar-refractivity contribution in [1.82, 2.24) is 14.7 Å². The lowest BCUT2D eigenvalue weighted by Gasteiger charge is -2.40. The predicted molar refractivity (Wildman–Crippen MR) is 142 cm³/mol. The smallest absolute Gasteiger partial charge is 0.305 e. The summed E-state index contributed by atoms with van der Waals surface area (Å²) >= 11 is 0. The topological polar surface area (TPSA) is 196 Å². The van der Waals surface area contributed by atoms with E-state index in [0.29, 0.717) is 13.2 Å². The van der Waals surface area contributed by atoms with Gasteiger partial charge in [-0.05, 0) is 0 Å². The molecule has 6 amide bonds. The van der Waals surface area contributed by atoms with Gasteiger partial charge in [-0.1, -0.05) is 0 Å². The number of rotatable bonds is 22. The molecule has 0 aromatic heterocycles. The van der Waals surface area contributed by atoms with Gasteiger partial charge in [-0.2, -0.15) is 0 Å². The molecule has 0 aliphatic carbocycles. The molecule has 3 aliphatic heterocycles. The van der Waals surface area contributed by atoms with Crippen LogP contribution in [0.5, 0.6) is 0 Å². The zero-order chi connectivity index (χ0) is 31.2. The van der Waals surface area contributed by atoms with Gasteiger partial charge in [0, 0.05) is 36.5 Å². The van der Waals surface area contributed by atoms with Crippen LogP contribution in [0.3, 0.4) is 0 Å². The van der Waals surface area contributed by atoms with E-state index >= 15 is 0 Å². The Morgan fingerprint density at radius 3 is 1.09 bits per heavy atom. The summed E-state index contributed by atoms with van der Waals surface area (Å²) in [5.74, 6) is -4.88. The van der Waals surface area contributed by atoms with Gasteiger partial charge in [0.05, 0.1) is 85.5 Å². The molecule has 0 atom stereocenters. The first-order chi connectivity index (χ1) is 20.6. The molecule has 0 aromatic carbocycles. The van der Waals surface area contributed by atoms with Crippen LogP contribution in [0.1, 0.15) is 6.42 Å². The van der Waals surface area contributed by atoms with E-state index in [9.17, 15) is 33.6 Å². The summed E-state index contributed by atoms with van der Waals surface area (Å²) in [5, 5.41) is 8.53. The van der Waals surface area contributed by atoms with Crippen molar-refractivity contribution in [3.05, 3.63) is 36.5 Å². The van der Waals surface area contributed by atoms with Crippen LogP contribution in [0, 0.1) is 0 Å². The van der Waals surface area contributed by atoms with Crippen molar-refractivity contribution in [3.63, 3.8) is 0 Å². The minimum atomic E-state index is -1.72. The Kier molecular flexibility index (Phi) is 12.8. The van der Waals surface area contributed by atoms with Crippen molar-refractivity contribution in [1.29, 1.82) is 0 Å². The Hall–Kier alpha value is -4.09. The molecule has 0 aromatic rings. The lowest BCUT2D eigenvalue weighted by atomic mass is 10.0. The first-order valence-electron chi connectivity index (χ1n) is 13.4. The maximum Gasteiger partial charge on any atom is 0.305 e. The molecule has 0 bridgehead atoms. The van der Waals surface area contributed by atoms with Gasteiger partial charge < -0.3 is 28.8 Å². The van der Waals surface area contributed by atoms with Gasteiger partial charge >= 0.3 is 5.97 Å². The van der Waals surface area contributed by atoms with E-state index in [1.54, 1.807) is 0 Å². The number of hydrogen-bond acceptors (Lipinski definition) is 12. The minimum Gasteiger partial charge on any atom is -0.481 e. The molecular formula is C27H33N3O13. The minimum absolute atomic E-state index is 0.00425. The van der Waals surface area contributed by atoms with E-state index in [1.807, 2.05) is 0 Å². The summed E-state index contributed by atoms with van der Waals surface area (Å²) in [6.07, 6.45) is 6.25. The number of aliphatic carboxylic acids is 1. The second kappa shape index (κ2) is 16.5. The number of carbonyl (C=O) groups is 7. The molecule has 0 fully saturated rings. The maximum atomic E-state index is 12.4. The Morgan fingerprint density at radius 2 is 0.791 bits per heavy atom. The van der Waals surface area contributed by atoms with E-state index in [2.05, 4.69) is 0 Å². The van der Waals surface area contributed by atoms with Crippen LogP contribution in [0.15, 0.2) is 36.5 Å². The zero-order valence-corrected chi connectivity index (χ0v) is 23.3. The van der Waals surface area contributed by atoms with E-state index in [-0.39, 0.29) is 52.7 Å². The average molecular weight is 608 g/mol. The summed E-state index contributed by atoms with van der Waals surface area (Å²) in [5.41, 5.74) is -1.72. The lowest BCUT2D eigenvalue weighted by molar-refractivity contribution is -0.157. The molecule has 0 spiro atoms. The van der Waals surface area contributed by atoms with Gasteiger partial charge in [-0.3, -0.25) is 48.3 Å². The predicted octanol–water partition coefficient (Wildman–Crippen LogP) is -1.94. The first kappa shape index (κ1) is 33.4. The third kappa shape index (κ3) is 10.3. The van der Waals surface area contributed by atoms with Crippen molar-refractivity contribution in [3.8, 4) is 0 Å². The number of carboxylic acids is 1. The van der Waals surface area contributed by atoms with Gasteiger partial charge in [0.2, 0.25) is 0 Å². The van der Waals surface area contributed by atoms with Crippen LogP contribution in [-0.2, 0) is 57.2 Å². The highest BCUT2D eigenvalue weighted by atomic mass is 16.6. The van der Waals surface area contributed by atoms with Crippen LogP contribution in [0.25, 0.3) is 0 Å². The maximum absolute atomic E-state index is 12.4.